The molecule has 1 amide bonds. The first-order valence-corrected chi connectivity index (χ1v) is 8.60. The minimum Gasteiger partial charge on any atom is -0.366 e. The van der Waals surface area contributed by atoms with Crippen molar-refractivity contribution in [3.05, 3.63) is 52.2 Å². The smallest absolute Gasteiger partial charge is 0.265 e. The van der Waals surface area contributed by atoms with Crippen molar-refractivity contribution < 1.29 is 9.18 Å². The van der Waals surface area contributed by atoms with E-state index in [1.54, 1.807) is 19.2 Å². The molecule has 7 nitrogen and oxygen atoms in total. The van der Waals surface area contributed by atoms with Gasteiger partial charge in [0.1, 0.15) is 11.4 Å². The zero-order valence-corrected chi connectivity index (χ0v) is 14.9. The molecule has 0 unspecified atom stereocenters. The highest BCUT2D eigenvalue weighted by Crippen LogP contribution is 2.21. The molecule has 1 aliphatic rings. The second-order valence-electron chi connectivity index (χ2n) is 6.19. The molecule has 2 heterocycles. The maximum Gasteiger partial charge on any atom is 0.265 e. The van der Waals surface area contributed by atoms with Crippen LogP contribution in [0.1, 0.15) is 17.3 Å². The lowest BCUT2D eigenvalue weighted by Crippen LogP contribution is -2.48. The first-order valence-electron chi connectivity index (χ1n) is 8.60. The average molecular weight is 359 g/mol. The monoisotopic (exact) mass is 359 g/mol. The number of hydrogen-bond acceptors (Lipinski definition) is 5. The first-order chi connectivity index (χ1) is 12.5. The van der Waals surface area contributed by atoms with Crippen LogP contribution in [0.25, 0.3) is 0 Å². The lowest BCUT2D eigenvalue weighted by atomic mass is 10.2. The molecular formula is C18H22FN5O2. The van der Waals surface area contributed by atoms with Gasteiger partial charge in [-0.05, 0) is 19.1 Å². The fourth-order valence-corrected chi connectivity index (χ4v) is 2.92. The maximum atomic E-state index is 13.9. The molecule has 8 heteroatoms. The predicted molar refractivity (Wildman–Crippen MR) is 98.3 cm³/mol. The first kappa shape index (κ1) is 17.9. The third-order valence-corrected chi connectivity index (χ3v) is 4.61. The summed E-state index contributed by atoms with van der Waals surface area (Å²) in [5, 5.41) is 0. The Morgan fingerprint density at radius 1 is 1.23 bits per heavy atom. The van der Waals surface area contributed by atoms with E-state index in [2.05, 4.69) is 9.97 Å². The molecule has 1 aromatic carbocycles. The van der Waals surface area contributed by atoms with Gasteiger partial charge in [0, 0.05) is 46.0 Å². The quantitative estimate of drug-likeness (QED) is 0.892. The van der Waals surface area contributed by atoms with Gasteiger partial charge in [-0.25, -0.2) is 9.37 Å². The van der Waals surface area contributed by atoms with Crippen LogP contribution in [-0.2, 0) is 0 Å². The summed E-state index contributed by atoms with van der Waals surface area (Å²) in [6.45, 7) is 4.77. The number of aromatic nitrogens is 2. The molecular weight excluding hydrogens is 337 g/mol. The number of para-hydroxylation sites is 1. The highest BCUT2D eigenvalue weighted by molar-refractivity contribution is 5.93. The van der Waals surface area contributed by atoms with E-state index in [9.17, 15) is 14.0 Å². The molecule has 0 spiro atoms. The Morgan fingerprint density at radius 2 is 1.88 bits per heavy atom. The van der Waals surface area contributed by atoms with Gasteiger partial charge in [-0.1, -0.05) is 12.1 Å². The SMILES string of the molecule is CCN(C)C(=O)c1cnc(N2CCN(c3ccccc3F)CC2)[nH]c1=O. The van der Waals surface area contributed by atoms with Crippen molar-refractivity contribution in [3.8, 4) is 0 Å². The number of anilines is 2. The van der Waals surface area contributed by atoms with E-state index >= 15 is 0 Å². The minimum atomic E-state index is -0.447. The van der Waals surface area contributed by atoms with Crippen molar-refractivity contribution in [1.82, 2.24) is 14.9 Å². The Kier molecular flexibility index (Phi) is 5.20. The standard InChI is InChI=1S/C18H22FN5O2/c1-3-22(2)17(26)13-12-20-18(21-16(13)25)24-10-8-23(9-11-24)15-7-5-4-6-14(15)19/h4-7,12H,3,8-11H2,1-2H3,(H,20,21,25). The van der Waals surface area contributed by atoms with E-state index in [-0.39, 0.29) is 17.3 Å². The van der Waals surface area contributed by atoms with Crippen molar-refractivity contribution in [2.24, 2.45) is 0 Å². The number of nitrogens with one attached hydrogen (secondary N) is 1. The van der Waals surface area contributed by atoms with E-state index in [0.717, 1.165) is 0 Å². The largest absolute Gasteiger partial charge is 0.366 e. The van der Waals surface area contributed by atoms with Crippen molar-refractivity contribution in [1.29, 1.82) is 0 Å². The molecule has 3 rings (SSSR count). The molecule has 1 aliphatic heterocycles. The molecule has 0 radical (unpaired) electrons. The summed E-state index contributed by atoms with van der Waals surface area (Å²) < 4.78 is 13.9. The minimum absolute atomic E-state index is 0.0306. The summed E-state index contributed by atoms with van der Waals surface area (Å²) in [5.41, 5.74) is 0.164. The Morgan fingerprint density at radius 3 is 2.50 bits per heavy atom. The van der Waals surface area contributed by atoms with Crippen LogP contribution >= 0.6 is 0 Å². The highest BCUT2D eigenvalue weighted by atomic mass is 19.1. The fourth-order valence-electron chi connectivity index (χ4n) is 2.92. The highest BCUT2D eigenvalue weighted by Gasteiger charge is 2.22. The maximum absolute atomic E-state index is 13.9. The van der Waals surface area contributed by atoms with Crippen LogP contribution in [0.15, 0.2) is 35.3 Å². The van der Waals surface area contributed by atoms with Gasteiger partial charge in [0.05, 0.1) is 5.69 Å². The van der Waals surface area contributed by atoms with Crippen LogP contribution in [0.2, 0.25) is 0 Å². The summed E-state index contributed by atoms with van der Waals surface area (Å²) in [4.78, 5) is 36.7. The van der Waals surface area contributed by atoms with Gasteiger partial charge >= 0.3 is 0 Å². The fraction of sp³-hybridized carbons (Fsp3) is 0.389. The number of H-pyrrole nitrogens is 1. The summed E-state index contributed by atoms with van der Waals surface area (Å²) in [6, 6.07) is 6.69. The van der Waals surface area contributed by atoms with Crippen LogP contribution in [-0.4, -0.2) is 60.5 Å². The number of benzene rings is 1. The van der Waals surface area contributed by atoms with Gasteiger partial charge in [-0.15, -0.1) is 0 Å². The van der Waals surface area contributed by atoms with Crippen LogP contribution < -0.4 is 15.4 Å². The van der Waals surface area contributed by atoms with Crippen molar-refractivity contribution in [2.75, 3.05) is 49.6 Å². The van der Waals surface area contributed by atoms with Gasteiger partial charge in [0.25, 0.3) is 11.5 Å². The predicted octanol–water partition coefficient (Wildman–Crippen LogP) is 1.33. The van der Waals surface area contributed by atoms with E-state index in [0.29, 0.717) is 44.4 Å². The molecule has 26 heavy (non-hydrogen) atoms. The molecule has 138 valence electrons. The second-order valence-corrected chi connectivity index (χ2v) is 6.19. The number of halogens is 1. The molecule has 0 aliphatic carbocycles. The lowest BCUT2D eigenvalue weighted by Gasteiger charge is -2.36. The number of amides is 1. The number of carbonyl (C=O) groups is 1. The number of piperazine rings is 1. The van der Waals surface area contributed by atoms with Crippen LogP contribution in [0.4, 0.5) is 16.0 Å². The molecule has 0 saturated carbocycles. The third-order valence-electron chi connectivity index (χ3n) is 4.61. The van der Waals surface area contributed by atoms with Crippen LogP contribution in [0.5, 0.6) is 0 Å². The number of nitrogens with zero attached hydrogens (tertiary/aromatic N) is 4. The number of aromatic amines is 1. The van der Waals surface area contributed by atoms with Crippen molar-refractivity contribution in [2.45, 2.75) is 6.92 Å². The van der Waals surface area contributed by atoms with Gasteiger partial charge in [-0.3, -0.25) is 14.6 Å². The van der Waals surface area contributed by atoms with Gasteiger partial charge in [0.15, 0.2) is 0 Å². The van der Waals surface area contributed by atoms with Crippen molar-refractivity contribution >= 4 is 17.5 Å². The molecule has 1 aromatic heterocycles. The zero-order chi connectivity index (χ0) is 18.7. The number of hydrogen-bond donors (Lipinski definition) is 1. The molecule has 0 bridgehead atoms. The summed E-state index contributed by atoms with van der Waals surface area (Å²) >= 11 is 0. The molecule has 0 atom stereocenters. The number of carbonyl (C=O) groups excluding carboxylic acids is 1. The Labute approximate surface area is 151 Å². The Hall–Kier alpha value is -2.90. The van der Waals surface area contributed by atoms with Crippen molar-refractivity contribution in [3.63, 3.8) is 0 Å². The van der Waals surface area contributed by atoms with E-state index in [1.165, 1.54) is 17.2 Å². The van der Waals surface area contributed by atoms with Gasteiger partial charge < -0.3 is 14.7 Å². The van der Waals surface area contributed by atoms with Gasteiger partial charge in [0.2, 0.25) is 5.95 Å². The van der Waals surface area contributed by atoms with Crippen LogP contribution in [0, 0.1) is 5.82 Å². The topological polar surface area (TPSA) is 72.5 Å². The average Bonchev–Trinajstić information content (AvgIpc) is 2.67. The van der Waals surface area contributed by atoms with Gasteiger partial charge in [-0.2, -0.15) is 0 Å². The normalized spacial score (nSPS) is 14.4. The Bertz CT molecular complexity index is 845. The molecule has 1 fully saturated rings. The van der Waals surface area contributed by atoms with E-state index < -0.39 is 5.56 Å². The molecule has 1 saturated heterocycles. The second kappa shape index (κ2) is 7.55. The van der Waals surface area contributed by atoms with E-state index in [1.807, 2.05) is 22.8 Å². The van der Waals surface area contributed by atoms with E-state index in [4.69, 9.17) is 0 Å². The summed E-state index contributed by atoms with van der Waals surface area (Å²) in [7, 11) is 1.64. The third kappa shape index (κ3) is 3.54. The number of rotatable bonds is 4. The van der Waals surface area contributed by atoms with Crippen LogP contribution in [0.3, 0.4) is 0 Å². The lowest BCUT2D eigenvalue weighted by molar-refractivity contribution is 0.0800. The molecule has 1 N–H and O–H groups in total. The zero-order valence-electron chi connectivity index (χ0n) is 14.9. The summed E-state index contributed by atoms with van der Waals surface area (Å²) in [6.07, 6.45) is 1.33. The Balaban J connectivity index is 1.70. The molecule has 2 aromatic rings. The summed E-state index contributed by atoms with van der Waals surface area (Å²) in [5.74, 6) is -0.161.